The van der Waals surface area contributed by atoms with Gasteiger partial charge in [0.25, 0.3) is 5.91 Å². The van der Waals surface area contributed by atoms with E-state index in [1.807, 2.05) is 0 Å². The molecule has 2 rings (SSSR count). The number of hydrogen-bond acceptors (Lipinski definition) is 5. The standard InChI is InChI=1S/C15H14F2N4O3/c16-9-5-11(18)10(17)4-8(9)14(22)21-12(15(23)24)3-7-1-2-13(19)20-6-7/h1-2,4-6,12H,3,18H2,(H2,19,20)(H,21,22)(H,23,24)/t12-/m0/s1. The van der Waals surface area contributed by atoms with Crippen molar-refractivity contribution in [3.05, 3.63) is 53.2 Å². The Hall–Kier alpha value is -3.23. The summed E-state index contributed by atoms with van der Waals surface area (Å²) in [4.78, 5) is 27.1. The molecule has 9 heteroatoms. The molecule has 0 saturated carbocycles. The molecule has 0 saturated heterocycles. The fraction of sp³-hybridized carbons (Fsp3) is 0.133. The second kappa shape index (κ2) is 6.90. The molecule has 1 aromatic heterocycles. The number of nitrogens with two attached hydrogens (primary N) is 2. The maximum atomic E-state index is 13.7. The fourth-order valence-corrected chi connectivity index (χ4v) is 1.96. The molecule has 0 aliphatic heterocycles. The molecule has 1 aromatic carbocycles. The van der Waals surface area contributed by atoms with Gasteiger partial charge >= 0.3 is 5.97 Å². The van der Waals surface area contributed by atoms with Crippen molar-refractivity contribution >= 4 is 23.4 Å². The van der Waals surface area contributed by atoms with Crippen LogP contribution in [-0.2, 0) is 11.2 Å². The number of carboxylic acids is 1. The van der Waals surface area contributed by atoms with Crippen molar-refractivity contribution in [1.29, 1.82) is 0 Å². The molecule has 0 fully saturated rings. The first-order valence-electron chi connectivity index (χ1n) is 6.76. The summed E-state index contributed by atoms with van der Waals surface area (Å²) in [5.41, 5.74) is 10.0. The summed E-state index contributed by atoms with van der Waals surface area (Å²) in [6, 6.07) is 2.94. The molecule has 0 aliphatic carbocycles. The van der Waals surface area contributed by atoms with E-state index in [0.717, 1.165) is 0 Å². The fourth-order valence-electron chi connectivity index (χ4n) is 1.96. The third kappa shape index (κ3) is 3.94. The first kappa shape index (κ1) is 17.1. The lowest BCUT2D eigenvalue weighted by molar-refractivity contribution is -0.139. The van der Waals surface area contributed by atoms with Gasteiger partial charge in [0.05, 0.1) is 11.3 Å². The Morgan fingerprint density at radius 3 is 2.50 bits per heavy atom. The average molecular weight is 336 g/mol. The zero-order valence-electron chi connectivity index (χ0n) is 12.3. The molecule has 0 aliphatic rings. The van der Waals surface area contributed by atoms with Crippen molar-refractivity contribution in [2.75, 3.05) is 11.5 Å². The van der Waals surface area contributed by atoms with Crippen LogP contribution in [0.4, 0.5) is 20.3 Å². The lowest BCUT2D eigenvalue weighted by Crippen LogP contribution is -2.42. The molecule has 2 aromatic rings. The molecular formula is C15H14F2N4O3. The Morgan fingerprint density at radius 2 is 1.92 bits per heavy atom. The summed E-state index contributed by atoms with van der Waals surface area (Å²) in [6.45, 7) is 0. The summed E-state index contributed by atoms with van der Waals surface area (Å²) < 4.78 is 27.1. The predicted molar refractivity (Wildman–Crippen MR) is 82.0 cm³/mol. The van der Waals surface area contributed by atoms with E-state index in [1.165, 1.54) is 12.3 Å². The predicted octanol–water partition coefficient (Wildman–Crippen LogP) is 0.950. The van der Waals surface area contributed by atoms with Gasteiger partial charge in [-0.2, -0.15) is 0 Å². The van der Waals surface area contributed by atoms with Gasteiger partial charge in [0, 0.05) is 18.7 Å². The molecule has 0 spiro atoms. The van der Waals surface area contributed by atoms with Gasteiger partial charge in [-0.3, -0.25) is 4.79 Å². The number of carbonyl (C=O) groups is 2. The highest BCUT2D eigenvalue weighted by Crippen LogP contribution is 2.17. The topological polar surface area (TPSA) is 131 Å². The van der Waals surface area contributed by atoms with Gasteiger partial charge in [-0.25, -0.2) is 18.6 Å². The van der Waals surface area contributed by atoms with Crippen molar-refractivity contribution in [3.63, 3.8) is 0 Å². The van der Waals surface area contributed by atoms with Crippen LogP contribution in [-0.4, -0.2) is 28.0 Å². The first-order chi connectivity index (χ1) is 11.3. The zero-order valence-corrected chi connectivity index (χ0v) is 12.3. The summed E-state index contributed by atoms with van der Waals surface area (Å²) >= 11 is 0. The van der Waals surface area contributed by atoms with Crippen LogP contribution in [0.25, 0.3) is 0 Å². The van der Waals surface area contributed by atoms with Crippen LogP contribution >= 0.6 is 0 Å². The van der Waals surface area contributed by atoms with E-state index < -0.39 is 40.8 Å². The maximum Gasteiger partial charge on any atom is 0.326 e. The van der Waals surface area contributed by atoms with Crippen molar-refractivity contribution in [3.8, 4) is 0 Å². The largest absolute Gasteiger partial charge is 0.480 e. The lowest BCUT2D eigenvalue weighted by atomic mass is 10.1. The second-order valence-electron chi connectivity index (χ2n) is 5.01. The normalized spacial score (nSPS) is 11.8. The second-order valence-corrected chi connectivity index (χ2v) is 5.01. The monoisotopic (exact) mass is 336 g/mol. The van der Waals surface area contributed by atoms with Crippen LogP contribution in [0.3, 0.4) is 0 Å². The van der Waals surface area contributed by atoms with Gasteiger partial charge < -0.3 is 21.9 Å². The molecule has 1 amide bonds. The van der Waals surface area contributed by atoms with Crippen LogP contribution in [0.15, 0.2) is 30.5 Å². The molecule has 0 radical (unpaired) electrons. The van der Waals surface area contributed by atoms with Crippen molar-refractivity contribution < 1.29 is 23.5 Å². The van der Waals surface area contributed by atoms with E-state index in [-0.39, 0.29) is 12.2 Å². The van der Waals surface area contributed by atoms with E-state index in [4.69, 9.17) is 11.5 Å². The van der Waals surface area contributed by atoms with Crippen molar-refractivity contribution in [1.82, 2.24) is 10.3 Å². The number of halogens is 2. The van der Waals surface area contributed by atoms with Gasteiger partial charge in [0.15, 0.2) is 0 Å². The number of pyridine rings is 1. The van der Waals surface area contributed by atoms with E-state index in [2.05, 4.69) is 10.3 Å². The van der Waals surface area contributed by atoms with Crippen LogP contribution in [0.1, 0.15) is 15.9 Å². The van der Waals surface area contributed by atoms with E-state index >= 15 is 0 Å². The van der Waals surface area contributed by atoms with Gasteiger partial charge in [-0.15, -0.1) is 0 Å². The molecular weight excluding hydrogens is 322 g/mol. The first-order valence-corrected chi connectivity index (χ1v) is 6.76. The molecule has 7 nitrogen and oxygen atoms in total. The lowest BCUT2D eigenvalue weighted by Gasteiger charge is -2.15. The van der Waals surface area contributed by atoms with Gasteiger partial charge in [-0.05, 0) is 17.7 Å². The van der Waals surface area contributed by atoms with E-state index in [9.17, 15) is 23.5 Å². The maximum absolute atomic E-state index is 13.7. The number of nitrogen functional groups attached to an aromatic ring is 2. The summed E-state index contributed by atoms with van der Waals surface area (Å²) in [6.07, 6.45) is 1.26. The third-order valence-electron chi connectivity index (χ3n) is 3.22. The Balaban J connectivity index is 2.18. The molecule has 24 heavy (non-hydrogen) atoms. The highest BCUT2D eigenvalue weighted by atomic mass is 19.1. The number of rotatable bonds is 5. The number of amides is 1. The summed E-state index contributed by atoms with van der Waals surface area (Å²) in [5, 5.41) is 11.3. The zero-order chi connectivity index (χ0) is 17.9. The van der Waals surface area contributed by atoms with Crippen LogP contribution in [0, 0.1) is 11.6 Å². The van der Waals surface area contributed by atoms with E-state index in [0.29, 0.717) is 17.7 Å². The van der Waals surface area contributed by atoms with Gasteiger partial charge in [-0.1, -0.05) is 6.07 Å². The average Bonchev–Trinajstić information content (AvgIpc) is 2.52. The highest BCUT2D eigenvalue weighted by Gasteiger charge is 2.23. The SMILES string of the molecule is Nc1ccc(C[C@H](NC(=O)c2cc(F)c(N)cc2F)C(=O)O)cn1. The van der Waals surface area contributed by atoms with Gasteiger partial charge in [0.2, 0.25) is 0 Å². The van der Waals surface area contributed by atoms with Crippen LogP contribution in [0.5, 0.6) is 0 Å². The van der Waals surface area contributed by atoms with Crippen LogP contribution < -0.4 is 16.8 Å². The third-order valence-corrected chi connectivity index (χ3v) is 3.22. The Bertz CT molecular complexity index is 781. The minimum Gasteiger partial charge on any atom is -0.480 e. The highest BCUT2D eigenvalue weighted by molar-refractivity contribution is 5.97. The summed E-state index contributed by atoms with van der Waals surface area (Å²) in [7, 11) is 0. The number of aliphatic carboxylic acids is 1. The number of carboxylic acid groups (broad SMARTS) is 1. The molecule has 126 valence electrons. The molecule has 1 atom stereocenters. The number of nitrogens with zero attached hydrogens (tertiary/aromatic N) is 1. The molecule has 0 unspecified atom stereocenters. The Morgan fingerprint density at radius 1 is 1.21 bits per heavy atom. The van der Waals surface area contributed by atoms with Gasteiger partial charge in [0.1, 0.15) is 23.5 Å². The number of aromatic nitrogens is 1. The summed E-state index contributed by atoms with van der Waals surface area (Å²) in [5.74, 6) is -4.17. The number of anilines is 2. The minimum absolute atomic E-state index is 0.104. The Labute approximate surface area is 135 Å². The van der Waals surface area contributed by atoms with E-state index in [1.54, 1.807) is 6.07 Å². The molecule has 1 heterocycles. The van der Waals surface area contributed by atoms with Crippen LogP contribution in [0.2, 0.25) is 0 Å². The minimum atomic E-state index is -1.36. The van der Waals surface area contributed by atoms with Crippen molar-refractivity contribution in [2.45, 2.75) is 12.5 Å². The molecule has 0 bridgehead atoms. The number of carbonyl (C=O) groups excluding carboxylic acids is 1. The number of hydrogen-bond donors (Lipinski definition) is 4. The molecule has 6 N–H and O–H groups in total. The Kier molecular flexibility index (Phi) is 4.93. The smallest absolute Gasteiger partial charge is 0.326 e. The number of nitrogens with one attached hydrogen (secondary N) is 1. The quantitative estimate of drug-likeness (QED) is 0.601. The van der Waals surface area contributed by atoms with Crippen molar-refractivity contribution in [2.24, 2.45) is 0 Å². The number of benzene rings is 1.